The normalized spacial score (nSPS) is 20.9. The maximum Gasteiger partial charge on any atom is 0.573 e. The van der Waals surface area contributed by atoms with E-state index in [-0.39, 0.29) is 11.4 Å². The molecular weight excluding hydrogens is 589 g/mol. The van der Waals surface area contributed by atoms with Crippen LogP contribution in [0, 0.1) is 0 Å². The molecule has 1 saturated heterocycles. The number of rotatable bonds is 6. The van der Waals surface area contributed by atoms with Crippen LogP contribution in [0.3, 0.4) is 0 Å². The number of ether oxygens (including phenoxy) is 1. The fourth-order valence-electron chi connectivity index (χ4n) is 5.65. The molecule has 8 nitrogen and oxygen atoms in total. The highest BCUT2D eigenvalue weighted by molar-refractivity contribution is 7.89. The summed E-state index contributed by atoms with van der Waals surface area (Å²) in [6.07, 6.45) is -2.76. The number of halogens is 3. The number of piperidine rings is 1. The van der Waals surface area contributed by atoms with E-state index >= 15 is 0 Å². The van der Waals surface area contributed by atoms with Gasteiger partial charge in [-0.25, -0.2) is 18.1 Å². The number of aryl methyl sites for hydroxylation is 2. The molecule has 2 N–H and O–H groups in total. The van der Waals surface area contributed by atoms with Gasteiger partial charge in [-0.2, -0.15) is 0 Å². The molecule has 1 fully saturated rings. The molecule has 3 aromatic carbocycles. The molecule has 2 aliphatic heterocycles. The number of sulfonamides is 1. The summed E-state index contributed by atoms with van der Waals surface area (Å²) in [6.45, 7) is 0.510. The van der Waals surface area contributed by atoms with Crippen LogP contribution >= 0.6 is 11.3 Å². The number of fused-ring (bicyclic) bond motifs is 2. The summed E-state index contributed by atoms with van der Waals surface area (Å²) >= 11 is 1.41. The molecule has 0 saturated carbocycles. The third kappa shape index (κ3) is 5.82. The summed E-state index contributed by atoms with van der Waals surface area (Å²) in [5.41, 5.74) is 4.11. The number of aromatic nitrogens is 1. The first-order valence-corrected chi connectivity index (χ1v) is 15.6. The molecule has 0 amide bonds. The summed E-state index contributed by atoms with van der Waals surface area (Å²) in [5, 5.41) is 14.4. The lowest BCUT2D eigenvalue weighted by Gasteiger charge is -2.47. The minimum absolute atomic E-state index is 0.136. The van der Waals surface area contributed by atoms with E-state index in [2.05, 4.69) is 31.5 Å². The predicted molar refractivity (Wildman–Crippen MR) is 154 cm³/mol. The zero-order valence-electron chi connectivity index (χ0n) is 22.1. The number of aliphatic hydroxyl groups is 1. The second-order valence-corrected chi connectivity index (χ2v) is 12.7. The van der Waals surface area contributed by atoms with Gasteiger partial charge in [-0.3, -0.25) is 0 Å². The van der Waals surface area contributed by atoms with Gasteiger partial charge in [0.05, 0.1) is 23.1 Å². The number of nitrogens with zero attached hydrogens (tertiary/aromatic N) is 3. The standard InChI is InChI=1S/C29H27F3N4O4S2/c30-29(31,32)40-21-11-13-22(14-12-21)42(38,39)34-23-17-35(28-33-15-16-41-28)18-26(27(23)37)36-24-7-3-1-5-19(24)9-10-20-6-2-4-8-25(20)36/h1-8,11-16,23,26-27,34,37H,9-10,17-18H2/t23-,26?,27+/m1/s1. The molecule has 0 spiro atoms. The average molecular weight is 617 g/mol. The molecule has 6 rings (SSSR count). The van der Waals surface area contributed by atoms with Crippen molar-refractivity contribution in [1.29, 1.82) is 0 Å². The smallest absolute Gasteiger partial charge is 0.406 e. The van der Waals surface area contributed by atoms with Gasteiger partial charge in [0.2, 0.25) is 10.0 Å². The molecule has 0 aliphatic carbocycles. The molecule has 0 bridgehead atoms. The minimum Gasteiger partial charge on any atom is -0.406 e. The van der Waals surface area contributed by atoms with Gasteiger partial charge in [0.15, 0.2) is 5.13 Å². The number of hydrogen-bond acceptors (Lipinski definition) is 8. The van der Waals surface area contributed by atoms with Gasteiger partial charge in [-0.05, 0) is 60.4 Å². The van der Waals surface area contributed by atoms with Crippen molar-refractivity contribution in [2.24, 2.45) is 0 Å². The van der Waals surface area contributed by atoms with E-state index < -0.39 is 40.3 Å². The van der Waals surface area contributed by atoms with Crippen LogP contribution in [0.4, 0.5) is 29.7 Å². The lowest BCUT2D eigenvalue weighted by molar-refractivity contribution is -0.274. The Balaban J connectivity index is 1.36. The van der Waals surface area contributed by atoms with Gasteiger partial charge in [-0.15, -0.1) is 24.5 Å². The maximum atomic E-state index is 13.4. The predicted octanol–water partition coefficient (Wildman–Crippen LogP) is 4.88. The highest BCUT2D eigenvalue weighted by Gasteiger charge is 2.43. The third-order valence-corrected chi connectivity index (χ3v) is 9.83. The van der Waals surface area contributed by atoms with Crippen molar-refractivity contribution in [2.45, 2.75) is 42.3 Å². The first kappa shape index (κ1) is 28.5. The Labute approximate surface area is 245 Å². The largest absolute Gasteiger partial charge is 0.573 e. The molecule has 3 atom stereocenters. The zero-order valence-corrected chi connectivity index (χ0v) is 23.7. The van der Waals surface area contributed by atoms with E-state index in [9.17, 15) is 26.7 Å². The minimum atomic E-state index is -4.90. The van der Waals surface area contributed by atoms with Gasteiger partial charge in [0, 0.05) is 36.0 Å². The second-order valence-electron chi connectivity index (χ2n) is 10.2. The average Bonchev–Trinajstić information content (AvgIpc) is 3.44. The van der Waals surface area contributed by atoms with Crippen LogP contribution in [0.25, 0.3) is 0 Å². The van der Waals surface area contributed by atoms with Crippen molar-refractivity contribution >= 4 is 37.9 Å². The lowest BCUT2D eigenvalue weighted by atomic mass is 9.94. The van der Waals surface area contributed by atoms with Crippen molar-refractivity contribution in [2.75, 3.05) is 22.9 Å². The Bertz CT molecular complexity index is 1600. The van der Waals surface area contributed by atoms with Crippen LogP contribution < -0.4 is 19.3 Å². The Morgan fingerprint density at radius 3 is 2.12 bits per heavy atom. The fourth-order valence-corrected chi connectivity index (χ4v) is 7.56. The van der Waals surface area contributed by atoms with Crippen LogP contribution in [0.5, 0.6) is 5.75 Å². The van der Waals surface area contributed by atoms with Crippen molar-refractivity contribution in [3.63, 3.8) is 0 Å². The number of aliphatic hydroxyl groups excluding tert-OH is 1. The van der Waals surface area contributed by atoms with E-state index in [0.717, 1.165) is 59.6 Å². The summed E-state index contributed by atoms with van der Waals surface area (Å²) in [4.78, 5) is 8.24. The van der Waals surface area contributed by atoms with Crippen molar-refractivity contribution in [1.82, 2.24) is 9.71 Å². The van der Waals surface area contributed by atoms with Gasteiger partial charge in [0.25, 0.3) is 0 Å². The Morgan fingerprint density at radius 1 is 0.929 bits per heavy atom. The number of hydrogen-bond donors (Lipinski definition) is 2. The summed E-state index contributed by atoms with van der Waals surface area (Å²) in [5.74, 6) is -0.535. The van der Waals surface area contributed by atoms with Crippen LogP contribution in [0.1, 0.15) is 11.1 Å². The first-order chi connectivity index (χ1) is 20.1. The molecular formula is C29H27F3N4O4S2. The molecule has 1 aromatic heterocycles. The summed E-state index contributed by atoms with van der Waals surface area (Å²) in [7, 11) is -4.24. The molecule has 1 unspecified atom stereocenters. The van der Waals surface area contributed by atoms with Crippen LogP contribution in [0.15, 0.2) is 89.3 Å². The molecule has 0 radical (unpaired) electrons. The van der Waals surface area contributed by atoms with Gasteiger partial charge < -0.3 is 19.6 Å². The maximum absolute atomic E-state index is 13.4. The molecule has 220 valence electrons. The van der Waals surface area contributed by atoms with E-state index in [1.807, 2.05) is 46.7 Å². The van der Waals surface area contributed by atoms with E-state index in [1.165, 1.54) is 11.3 Å². The summed E-state index contributed by atoms with van der Waals surface area (Å²) < 4.78 is 71.1. The van der Waals surface area contributed by atoms with Crippen LogP contribution in [-0.4, -0.2) is 56.1 Å². The van der Waals surface area contributed by atoms with Crippen molar-refractivity contribution < 1.29 is 31.4 Å². The van der Waals surface area contributed by atoms with Gasteiger partial charge in [-0.1, -0.05) is 36.4 Å². The molecule has 2 aliphatic rings. The fraction of sp³-hybridized carbons (Fsp3) is 0.276. The molecule has 42 heavy (non-hydrogen) atoms. The highest BCUT2D eigenvalue weighted by atomic mass is 32.2. The quantitative estimate of drug-likeness (QED) is 0.319. The first-order valence-electron chi connectivity index (χ1n) is 13.2. The number of alkyl halides is 3. The van der Waals surface area contributed by atoms with E-state index in [4.69, 9.17) is 0 Å². The highest BCUT2D eigenvalue weighted by Crippen LogP contribution is 2.40. The monoisotopic (exact) mass is 616 g/mol. The van der Waals surface area contributed by atoms with Crippen molar-refractivity contribution in [3.05, 3.63) is 95.5 Å². The SMILES string of the molecule is O=S(=O)(N[C@@H]1CN(c2nccs2)CC(N2c3ccccc3CCc3ccccc32)[C@H]1O)c1ccc(OC(F)(F)F)cc1. The Kier molecular flexibility index (Phi) is 7.60. The zero-order chi connectivity index (χ0) is 29.5. The molecule has 13 heteroatoms. The number of benzene rings is 3. The number of thiazole rings is 1. The summed E-state index contributed by atoms with van der Waals surface area (Å²) in [6, 6.07) is 18.4. The molecule has 4 aromatic rings. The van der Waals surface area contributed by atoms with Gasteiger partial charge >= 0.3 is 6.36 Å². The van der Waals surface area contributed by atoms with Crippen LogP contribution in [0.2, 0.25) is 0 Å². The van der Waals surface area contributed by atoms with Crippen molar-refractivity contribution in [3.8, 4) is 5.75 Å². The third-order valence-electron chi connectivity index (χ3n) is 7.49. The Morgan fingerprint density at radius 2 is 1.55 bits per heavy atom. The topological polar surface area (TPSA) is 95.0 Å². The second kappa shape index (κ2) is 11.2. The number of para-hydroxylation sites is 2. The van der Waals surface area contributed by atoms with E-state index in [0.29, 0.717) is 11.7 Å². The number of nitrogens with one attached hydrogen (secondary N) is 1. The van der Waals surface area contributed by atoms with Crippen LogP contribution in [-0.2, 0) is 22.9 Å². The van der Waals surface area contributed by atoms with E-state index in [1.54, 1.807) is 6.20 Å². The lowest BCUT2D eigenvalue weighted by Crippen LogP contribution is -2.65. The number of anilines is 3. The Hall–Kier alpha value is -3.65. The molecule has 3 heterocycles. The van der Waals surface area contributed by atoms with Gasteiger partial charge in [0.1, 0.15) is 5.75 Å².